The Balaban J connectivity index is 2.11. The van der Waals surface area contributed by atoms with Gasteiger partial charge < -0.3 is 39.4 Å². The number of hydrogen-bond donors (Lipinski definition) is 4. The van der Waals surface area contributed by atoms with E-state index >= 15 is 0 Å². The summed E-state index contributed by atoms with van der Waals surface area (Å²) in [6, 6.07) is 0. The van der Waals surface area contributed by atoms with Crippen molar-refractivity contribution in [2.24, 2.45) is 0 Å². The summed E-state index contributed by atoms with van der Waals surface area (Å²) in [5.74, 6) is -0.308. The van der Waals surface area contributed by atoms with Gasteiger partial charge in [-0.1, -0.05) is 264 Å². The number of rotatable bonds is 53. The van der Waals surface area contributed by atoms with Crippen LogP contribution in [-0.2, 0) is 23.7 Å². The predicted octanol–water partition coefficient (Wildman–Crippen LogP) is 15.5. The van der Waals surface area contributed by atoms with Gasteiger partial charge in [0.1, 0.15) is 30.5 Å². The zero-order valence-electron chi connectivity index (χ0n) is 44.9. The second-order valence-corrected chi connectivity index (χ2v) is 20.8. The molecule has 404 valence electrons. The van der Waals surface area contributed by atoms with Crippen LogP contribution in [0.3, 0.4) is 0 Å². The third-order valence-corrected chi connectivity index (χ3v) is 14.2. The number of carbonyl (C=O) groups excluding carboxylic acids is 1. The van der Waals surface area contributed by atoms with Crippen molar-refractivity contribution in [2.75, 3.05) is 26.4 Å². The van der Waals surface area contributed by atoms with Gasteiger partial charge >= 0.3 is 5.97 Å². The molecule has 1 fully saturated rings. The lowest BCUT2D eigenvalue weighted by Gasteiger charge is -2.39. The van der Waals surface area contributed by atoms with Crippen molar-refractivity contribution in [1.82, 2.24) is 0 Å². The number of aliphatic hydroxyl groups excluding tert-OH is 4. The van der Waals surface area contributed by atoms with Gasteiger partial charge in [0.25, 0.3) is 0 Å². The minimum absolute atomic E-state index is 0.108. The summed E-state index contributed by atoms with van der Waals surface area (Å²) in [5.41, 5.74) is 0. The number of aliphatic hydroxyl groups is 4. The summed E-state index contributed by atoms with van der Waals surface area (Å²) >= 11 is 0. The highest BCUT2D eigenvalue weighted by atomic mass is 16.7. The lowest BCUT2D eigenvalue weighted by atomic mass is 9.99. The van der Waals surface area contributed by atoms with E-state index in [2.05, 4.69) is 26.0 Å². The molecule has 9 heteroatoms. The topological polar surface area (TPSA) is 135 Å². The van der Waals surface area contributed by atoms with E-state index < -0.39 is 43.4 Å². The Morgan fingerprint density at radius 3 is 1.19 bits per heavy atom. The average molecular weight is 968 g/mol. The number of carbonyl (C=O) groups is 1. The minimum atomic E-state index is -1.53. The zero-order chi connectivity index (χ0) is 49.2. The maximum atomic E-state index is 12.9. The van der Waals surface area contributed by atoms with E-state index in [9.17, 15) is 25.2 Å². The molecule has 0 saturated carbocycles. The van der Waals surface area contributed by atoms with E-state index in [-0.39, 0.29) is 19.2 Å². The first-order valence-electron chi connectivity index (χ1n) is 29.8. The molecule has 0 aromatic carbocycles. The van der Waals surface area contributed by atoms with Crippen LogP contribution in [-0.4, -0.2) is 89.6 Å². The molecule has 0 aromatic heterocycles. The first-order chi connectivity index (χ1) is 33.4. The normalized spacial score (nSPS) is 19.1. The van der Waals surface area contributed by atoms with Crippen LogP contribution in [0.5, 0.6) is 0 Å². The first-order valence-corrected chi connectivity index (χ1v) is 29.8. The second-order valence-electron chi connectivity index (χ2n) is 20.8. The van der Waals surface area contributed by atoms with Crippen molar-refractivity contribution >= 4 is 5.97 Å². The van der Waals surface area contributed by atoms with E-state index in [1.54, 1.807) is 0 Å². The fourth-order valence-electron chi connectivity index (χ4n) is 9.55. The van der Waals surface area contributed by atoms with Gasteiger partial charge in [0.15, 0.2) is 6.29 Å². The summed E-state index contributed by atoms with van der Waals surface area (Å²) in [6.07, 6.45) is 54.1. The Morgan fingerprint density at radius 2 is 0.809 bits per heavy atom. The standard InChI is InChI=1S/C59H114O9/c1-3-5-7-9-11-13-15-17-19-21-23-24-25-26-27-28-29-31-33-35-37-39-41-43-45-47-49-65-51-53(52-66-59-58(64)57(63)56(62)54(50-60)68-59)67-55(61)48-46-44-42-40-38-36-34-32-30-22-20-18-16-14-12-10-8-6-4-2/h18,20,53-54,56-60,62-64H,3-17,19,21-52H2,1-2H3/b20-18-. The molecule has 4 N–H and O–H groups in total. The maximum absolute atomic E-state index is 12.9. The van der Waals surface area contributed by atoms with Crippen LogP contribution in [0.2, 0.25) is 0 Å². The van der Waals surface area contributed by atoms with E-state index in [0.717, 1.165) is 32.1 Å². The van der Waals surface area contributed by atoms with Crippen LogP contribution in [0.1, 0.15) is 296 Å². The predicted molar refractivity (Wildman–Crippen MR) is 284 cm³/mol. The summed E-state index contributed by atoms with van der Waals surface area (Å²) in [4.78, 5) is 12.9. The van der Waals surface area contributed by atoms with E-state index in [1.807, 2.05) is 0 Å². The van der Waals surface area contributed by atoms with Gasteiger partial charge in [-0.15, -0.1) is 0 Å². The molecule has 1 aliphatic rings. The Hall–Kier alpha value is -1.07. The summed E-state index contributed by atoms with van der Waals surface area (Å²) in [5, 5.41) is 40.4. The van der Waals surface area contributed by atoms with Gasteiger partial charge in [0.05, 0.1) is 19.8 Å². The van der Waals surface area contributed by atoms with Crippen LogP contribution in [0.25, 0.3) is 0 Å². The Bertz CT molecular complexity index is 1060. The number of unbranched alkanes of at least 4 members (excludes halogenated alkanes) is 40. The van der Waals surface area contributed by atoms with Gasteiger partial charge in [-0.2, -0.15) is 0 Å². The van der Waals surface area contributed by atoms with E-state index in [0.29, 0.717) is 13.0 Å². The molecule has 6 unspecified atom stereocenters. The van der Waals surface area contributed by atoms with Crippen molar-refractivity contribution in [3.63, 3.8) is 0 Å². The number of hydrogen-bond acceptors (Lipinski definition) is 9. The fourth-order valence-corrected chi connectivity index (χ4v) is 9.55. The summed E-state index contributed by atoms with van der Waals surface area (Å²) in [6.45, 7) is 4.63. The molecule has 0 amide bonds. The largest absolute Gasteiger partial charge is 0.457 e. The van der Waals surface area contributed by atoms with Crippen molar-refractivity contribution in [3.05, 3.63) is 12.2 Å². The number of esters is 1. The van der Waals surface area contributed by atoms with Crippen molar-refractivity contribution < 1.29 is 44.2 Å². The van der Waals surface area contributed by atoms with Gasteiger partial charge in [0, 0.05) is 13.0 Å². The highest BCUT2D eigenvalue weighted by Crippen LogP contribution is 2.23. The molecule has 0 bridgehead atoms. The molecule has 68 heavy (non-hydrogen) atoms. The SMILES string of the molecule is CCCCCCCC/C=C\CCCCCCCCCCCC(=O)OC(COCCCCCCCCCCCCCCCCCCCCCCCCCCCC)COC1OC(CO)C(O)C(O)C1O. The van der Waals surface area contributed by atoms with Crippen LogP contribution < -0.4 is 0 Å². The molecule has 1 heterocycles. The third-order valence-electron chi connectivity index (χ3n) is 14.2. The maximum Gasteiger partial charge on any atom is 0.306 e. The highest BCUT2D eigenvalue weighted by Gasteiger charge is 2.44. The van der Waals surface area contributed by atoms with E-state index in [1.165, 1.54) is 244 Å². The zero-order valence-corrected chi connectivity index (χ0v) is 44.9. The second kappa shape index (κ2) is 50.9. The smallest absolute Gasteiger partial charge is 0.306 e. The Kier molecular flexibility index (Phi) is 48.6. The molecule has 0 radical (unpaired) electrons. The van der Waals surface area contributed by atoms with Crippen molar-refractivity contribution in [2.45, 2.75) is 333 Å². The number of allylic oxidation sites excluding steroid dienone is 2. The molecule has 1 aliphatic heterocycles. The Morgan fingerprint density at radius 1 is 0.456 bits per heavy atom. The monoisotopic (exact) mass is 967 g/mol. The van der Waals surface area contributed by atoms with Gasteiger partial charge in [0.2, 0.25) is 0 Å². The molecule has 0 aliphatic carbocycles. The summed E-state index contributed by atoms with van der Waals surface area (Å²) in [7, 11) is 0. The molecule has 0 aromatic rings. The molecule has 0 spiro atoms. The minimum Gasteiger partial charge on any atom is -0.457 e. The molecule has 1 rings (SSSR count). The molecule has 9 nitrogen and oxygen atoms in total. The van der Waals surface area contributed by atoms with Crippen LogP contribution in [0, 0.1) is 0 Å². The lowest BCUT2D eigenvalue weighted by molar-refractivity contribution is -0.305. The van der Waals surface area contributed by atoms with Crippen molar-refractivity contribution in [3.8, 4) is 0 Å². The highest BCUT2D eigenvalue weighted by molar-refractivity contribution is 5.69. The van der Waals surface area contributed by atoms with Crippen LogP contribution in [0.4, 0.5) is 0 Å². The molecule has 1 saturated heterocycles. The average Bonchev–Trinajstić information content (AvgIpc) is 3.34. The summed E-state index contributed by atoms with van der Waals surface area (Å²) < 4.78 is 23.0. The van der Waals surface area contributed by atoms with E-state index in [4.69, 9.17) is 18.9 Å². The first kappa shape index (κ1) is 64.9. The molecular formula is C59H114O9. The Labute approximate surface area is 420 Å². The van der Waals surface area contributed by atoms with Crippen LogP contribution >= 0.6 is 0 Å². The molecule has 6 atom stereocenters. The van der Waals surface area contributed by atoms with Gasteiger partial charge in [-0.3, -0.25) is 4.79 Å². The fraction of sp³-hybridized carbons (Fsp3) is 0.949. The quantitative estimate of drug-likeness (QED) is 0.0267. The van der Waals surface area contributed by atoms with Gasteiger partial charge in [-0.25, -0.2) is 0 Å². The third kappa shape index (κ3) is 40.5. The van der Waals surface area contributed by atoms with Crippen LogP contribution in [0.15, 0.2) is 12.2 Å². The number of ether oxygens (including phenoxy) is 4. The lowest BCUT2D eigenvalue weighted by Crippen LogP contribution is -2.59. The van der Waals surface area contributed by atoms with Gasteiger partial charge in [-0.05, 0) is 38.5 Å². The van der Waals surface area contributed by atoms with Crippen molar-refractivity contribution in [1.29, 1.82) is 0 Å². The molecular weight excluding hydrogens is 853 g/mol.